The van der Waals surface area contributed by atoms with Gasteiger partial charge in [0.1, 0.15) is 18.3 Å². The lowest BCUT2D eigenvalue weighted by Crippen LogP contribution is -2.29. The second kappa shape index (κ2) is 5.93. The van der Waals surface area contributed by atoms with E-state index in [1.165, 1.54) is 11.8 Å². The van der Waals surface area contributed by atoms with Gasteiger partial charge >= 0.3 is 13.9 Å². The van der Waals surface area contributed by atoms with Gasteiger partial charge in [-0.2, -0.15) is 4.98 Å². The molecule has 3 atom stereocenters. The second-order valence-electron chi connectivity index (χ2n) is 3.55. The highest BCUT2D eigenvalue weighted by atomic mass is 32.2. The fraction of sp³-hybridized carbons (Fsp3) is 0.500. The summed E-state index contributed by atoms with van der Waals surface area (Å²) in [6, 6.07) is 0. The maximum atomic E-state index is 13.3. The molecule has 104 valence electrons. The number of thioether (sulfide) groups is 1. The van der Waals surface area contributed by atoms with Gasteiger partial charge in [-0.25, -0.2) is 9.18 Å². The van der Waals surface area contributed by atoms with Crippen molar-refractivity contribution >= 4 is 25.8 Å². The third kappa shape index (κ3) is 3.48. The van der Waals surface area contributed by atoms with Crippen molar-refractivity contribution in [3.8, 4) is 0 Å². The number of ether oxygens (including phenoxy) is 1. The third-order valence-electron chi connectivity index (χ3n) is 2.30. The molecule has 1 aromatic heterocycles. The Morgan fingerprint density at radius 2 is 2.53 bits per heavy atom. The van der Waals surface area contributed by atoms with Crippen LogP contribution < -0.4 is 11.4 Å². The van der Waals surface area contributed by atoms with E-state index in [2.05, 4.69) is 9.51 Å². The lowest BCUT2D eigenvalue weighted by atomic mass is 10.5. The van der Waals surface area contributed by atoms with Crippen LogP contribution in [-0.2, 0) is 13.8 Å². The molecule has 2 heterocycles. The molecule has 1 aliphatic rings. The summed E-state index contributed by atoms with van der Waals surface area (Å²) in [4.78, 5) is 23.4. The van der Waals surface area contributed by atoms with E-state index in [1.807, 2.05) is 0 Å². The van der Waals surface area contributed by atoms with Gasteiger partial charge in [0.05, 0.1) is 6.20 Å². The van der Waals surface area contributed by atoms with E-state index in [0.717, 1.165) is 10.8 Å². The van der Waals surface area contributed by atoms with Gasteiger partial charge in [-0.15, -0.1) is 21.2 Å². The number of nitrogens with zero attached hydrogens (tertiary/aromatic N) is 2. The minimum atomic E-state index is -2.70. The van der Waals surface area contributed by atoms with Gasteiger partial charge < -0.3 is 10.5 Å². The number of halogens is 1. The highest BCUT2D eigenvalue weighted by Gasteiger charge is 2.31. The lowest BCUT2D eigenvalue weighted by Gasteiger charge is -2.13. The molecule has 1 saturated heterocycles. The molecule has 0 bridgehead atoms. The SMILES string of the molecule is Nc1nc(=O)n([C@@H]2CS[C@H](CO[P+](=O)O)O2)cc1F. The average molecular weight is 310 g/mol. The summed E-state index contributed by atoms with van der Waals surface area (Å²) in [5.74, 6) is -0.920. The quantitative estimate of drug-likeness (QED) is 0.758. The molecule has 3 N–H and O–H groups in total. The van der Waals surface area contributed by atoms with Gasteiger partial charge in [0.15, 0.2) is 11.6 Å². The van der Waals surface area contributed by atoms with Gasteiger partial charge in [0.25, 0.3) is 0 Å². The molecule has 1 unspecified atom stereocenters. The van der Waals surface area contributed by atoms with Crippen molar-refractivity contribution in [3.63, 3.8) is 0 Å². The molecular formula is C8H10FN3O5PS+. The van der Waals surface area contributed by atoms with E-state index in [-0.39, 0.29) is 6.61 Å². The first-order valence-corrected chi connectivity index (χ1v) is 7.25. The lowest BCUT2D eigenvalue weighted by molar-refractivity contribution is -0.00285. The Hall–Kier alpha value is -1.06. The van der Waals surface area contributed by atoms with E-state index in [0.29, 0.717) is 5.75 Å². The number of hydrogen-bond acceptors (Lipinski definition) is 7. The summed E-state index contributed by atoms with van der Waals surface area (Å²) < 4.78 is 34.5. The maximum absolute atomic E-state index is 13.3. The Morgan fingerprint density at radius 1 is 1.79 bits per heavy atom. The smallest absolute Gasteiger partial charge is 0.381 e. The van der Waals surface area contributed by atoms with Gasteiger partial charge in [-0.1, -0.05) is 0 Å². The average Bonchev–Trinajstić information content (AvgIpc) is 2.80. The first-order valence-electron chi connectivity index (χ1n) is 5.07. The molecular weight excluding hydrogens is 300 g/mol. The fourth-order valence-electron chi connectivity index (χ4n) is 1.47. The maximum Gasteiger partial charge on any atom is 0.694 e. The molecule has 0 amide bonds. The Morgan fingerprint density at radius 3 is 3.21 bits per heavy atom. The largest absolute Gasteiger partial charge is 0.694 e. The van der Waals surface area contributed by atoms with Crippen LogP contribution in [0, 0.1) is 5.82 Å². The van der Waals surface area contributed by atoms with Crippen molar-refractivity contribution in [1.82, 2.24) is 9.55 Å². The van der Waals surface area contributed by atoms with Crippen LogP contribution in [0.5, 0.6) is 0 Å². The summed E-state index contributed by atoms with van der Waals surface area (Å²) in [5, 5.41) is 0. The molecule has 1 fully saturated rings. The molecule has 11 heteroatoms. The normalized spacial score (nSPS) is 23.6. The molecule has 0 spiro atoms. The van der Waals surface area contributed by atoms with Gasteiger partial charge in [-0.3, -0.25) is 4.57 Å². The molecule has 1 aliphatic heterocycles. The molecule has 0 aromatic carbocycles. The van der Waals surface area contributed by atoms with Gasteiger partial charge in [0, 0.05) is 10.3 Å². The van der Waals surface area contributed by atoms with Crippen molar-refractivity contribution in [2.45, 2.75) is 11.7 Å². The Labute approximate surface area is 111 Å². The van der Waals surface area contributed by atoms with Crippen molar-refractivity contribution < 1.29 is 23.1 Å². The molecule has 0 saturated carbocycles. The zero-order valence-electron chi connectivity index (χ0n) is 9.43. The molecule has 1 aromatic rings. The highest BCUT2D eigenvalue weighted by Crippen LogP contribution is 2.32. The van der Waals surface area contributed by atoms with Crippen LogP contribution in [0.15, 0.2) is 11.0 Å². The van der Waals surface area contributed by atoms with Crippen LogP contribution >= 0.6 is 20.0 Å². The Bertz CT molecular complexity index is 556. The van der Waals surface area contributed by atoms with Gasteiger partial charge in [-0.05, 0) is 0 Å². The van der Waals surface area contributed by atoms with Crippen LogP contribution in [0.4, 0.5) is 10.2 Å². The number of nitrogen functional groups attached to an aromatic ring is 1. The van der Waals surface area contributed by atoms with Crippen molar-refractivity contribution in [1.29, 1.82) is 0 Å². The third-order valence-corrected chi connectivity index (χ3v) is 3.77. The minimum absolute atomic E-state index is 0.105. The molecule has 19 heavy (non-hydrogen) atoms. The number of hydrogen-bond donors (Lipinski definition) is 2. The number of nitrogens with two attached hydrogens (primary N) is 1. The van der Waals surface area contributed by atoms with Crippen LogP contribution in [-0.4, -0.2) is 32.2 Å². The first kappa shape index (κ1) is 14.4. The van der Waals surface area contributed by atoms with E-state index >= 15 is 0 Å². The molecule has 8 nitrogen and oxygen atoms in total. The Kier molecular flexibility index (Phi) is 4.48. The summed E-state index contributed by atoms with van der Waals surface area (Å²) in [5.41, 5.74) is 3.94. The summed E-state index contributed by atoms with van der Waals surface area (Å²) in [6.45, 7) is -0.105. The van der Waals surface area contributed by atoms with Crippen LogP contribution in [0.1, 0.15) is 6.23 Å². The first-order chi connectivity index (χ1) is 8.97. The minimum Gasteiger partial charge on any atom is -0.381 e. The zero-order valence-corrected chi connectivity index (χ0v) is 11.1. The predicted octanol–water partition coefficient (Wildman–Crippen LogP) is 0.219. The number of rotatable bonds is 4. The summed E-state index contributed by atoms with van der Waals surface area (Å²) in [7, 11) is -2.70. The molecule has 2 rings (SSSR count). The van der Waals surface area contributed by atoms with Crippen molar-refractivity contribution in [2.75, 3.05) is 18.1 Å². The summed E-state index contributed by atoms with van der Waals surface area (Å²) >= 11 is 1.28. The van der Waals surface area contributed by atoms with Gasteiger partial charge in [0.2, 0.25) is 0 Å². The fourth-order valence-corrected chi connectivity index (χ4v) is 2.82. The second-order valence-corrected chi connectivity index (χ2v) is 5.48. The van der Waals surface area contributed by atoms with E-state index in [9.17, 15) is 13.8 Å². The van der Waals surface area contributed by atoms with Crippen molar-refractivity contribution in [2.24, 2.45) is 0 Å². The molecule has 0 radical (unpaired) electrons. The number of anilines is 1. The topological polar surface area (TPSA) is 117 Å². The predicted molar refractivity (Wildman–Crippen MR) is 65.0 cm³/mol. The van der Waals surface area contributed by atoms with Crippen molar-refractivity contribution in [3.05, 3.63) is 22.5 Å². The molecule has 0 aliphatic carbocycles. The highest BCUT2D eigenvalue weighted by molar-refractivity contribution is 8.00. The monoisotopic (exact) mass is 310 g/mol. The zero-order chi connectivity index (χ0) is 14.0. The van der Waals surface area contributed by atoms with Crippen LogP contribution in [0.3, 0.4) is 0 Å². The number of aromatic nitrogens is 2. The van der Waals surface area contributed by atoms with Crippen LogP contribution in [0.2, 0.25) is 0 Å². The Balaban J connectivity index is 2.07. The van der Waals surface area contributed by atoms with E-state index < -0.39 is 37.2 Å². The summed E-state index contributed by atoms with van der Waals surface area (Å²) in [6.07, 6.45) is 0.205. The van der Waals surface area contributed by atoms with E-state index in [4.69, 9.17) is 15.4 Å². The van der Waals surface area contributed by atoms with Crippen LogP contribution in [0.25, 0.3) is 0 Å². The standard InChI is InChI=1S/C8H9FN3O5PS/c9-4-1-12(8(13)11-7(4)10)5-3-19-6(17-5)2-16-18(14)15/h1,5-6H,2-3H2,(H2-,10,11,13,14,15)/p+1/t5-,6+/m0/s1. The van der Waals surface area contributed by atoms with E-state index in [1.54, 1.807) is 0 Å².